The van der Waals surface area contributed by atoms with Gasteiger partial charge < -0.3 is 0 Å². The highest BCUT2D eigenvalue weighted by atomic mass is 13.5. The molecule has 0 nitrogen and oxygen atoms in total. The van der Waals surface area contributed by atoms with E-state index in [1.54, 1.807) is 0 Å². The van der Waals surface area contributed by atoms with E-state index >= 15 is 0 Å². The first-order chi connectivity index (χ1) is 38.7. The van der Waals surface area contributed by atoms with Crippen LogP contribution in [0.15, 0.2) is 0 Å². The summed E-state index contributed by atoms with van der Waals surface area (Å²) in [6, 6.07) is 0. The van der Waals surface area contributed by atoms with Crippen molar-refractivity contribution in [1.82, 2.24) is 0 Å². The van der Waals surface area contributed by atoms with Crippen LogP contribution in [0.1, 0.15) is 0 Å². The molecular formula is H87B85. The molecule has 342 valence electrons. The fourth-order valence-corrected chi connectivity index (χ4v) is 24.8. The van der Waals surface area contributed by atoms with E-state index < -0.39 is 0 Å². The van der Waals surface area contributed by atoms with Crippen LogP contribution in [0, 0.1) is 0 Å². The summed E-state index contributed by atoms with van der Waals surface area (Å²) in [5.41, 5.74) is 0. The Morgan fingerprint density at radius 1 is 0.106 bits per heavy atom. The molecule has 0 spiro atoms. The summed E-state index contributed by atoms with van der Waals surface area (Å²) >= 11 is 0. The molecule has 0 aliphatic carbocycles. The van der Waals surface area contributed by atoms with Crippen molar-refractivity contribution in [2.75, 3.05) is 0 Å². The van der Waals surface area contributed by atoms with Crippen LogP contribution in [0.4, 0.5) is 0 Å². The van der Waals surface area contributed by atoms with Gasteiger partial charge >= 0.3 is 0 Å². The van der Waals surface area contributed by atoms with E-state index in [9.17, 15) is 0 Å². The fourth-order valence-electron chi connectivity index (χ4n) is 24.8. The predicted octanol–water partition coefficient (Wildman–Crippen LogP) is -55.7. The zero-order valence-electron chi connectivity index (χ0n) is 67.4. The van der Waals surface area contributed by atoms with E-state index in [0.29, 0.717) is 262 Å². The molecule has 0 saturated carbocycles. The van der Waals surface area contributed by atoms with Crippen LogP contribution in [-0.4, -0.2) is 602 Å². The first kappa shape index (κ1) is 90.5. The van der Waals surface area contributed by atoms with Gasteiger partial charge in [0.2, 0.25) is 0 Å². The lowest BCUT2D eigenvalue weighted by Gasteiger charge is -2.61. The normalized spacial score (nSPS) is 9.79. The van der Waals surface area contributed by atoms with Crippen molar-refractivity contribution < 1.29 is 0 Å². The SMILES string of the molecule is BBB(B(B)B)B(B(B(B)B)B(B)B)B(B(B(B)B)B(B)B)B(B(B(B(B(B)B)B(B)B)B(B(B)B)B(B)B)B(B(B(B)B)B(B)B)B(B(B)B)B(B)B)B(B(B(B(B)B)B(B)B)B(B(B)B)B(B)B)B(B(B(B)B)B(B)B)B(B(B)B)B(B)B. The van der Waals surface area contributed by atoms with Crippen LogP contribution in [0.5, 0.6) is 0 Å². The molecule has 0 aromatic rings. The molecule has 0 atom stereocenters. The molecule has 0 aromatic heterocycles. The second kappa shape index (κ2) is 41.8. The zero-order chi connectivity index (χ0) is 67.4. The summed E-state index contributed by atoms with van der Waals surface area (Å²) < 4.78 is 0. The second-order valence-electron chi connectivity index (χ2n) is 38.2. The molecule has 0 fully saturated rings. The van der Waals surface area contributed by atoms with Crippen LogP contribution in [-0.2, 0) is 0 Å². The lowest BCUT2D eigenvalue weighted by Crippen LogP contribution is -3.00. The van der Waals surface area contributed by atoms with Gasteiger partial charge in [-0.25, -0.2) is 0 Å². The highest BCUT2D eigenvalue weighted by molar-refractivity contribution is 8.42. The van der Waals surface area contributed by atoms with Crippen LogP contribution in [0.25, 0.3) is 0 Å². The minimum absolute atomic E-state index is 0.498. The molecule has 0 radical (unpaired) electrons. The molecule has 0 rings (SSSR count). The Morgan fingerprint density at radius 2 is 0.188 bits per heavy atom. The first-order valence-corrected chi connectivity index (χ1v) is 38.7. The van der Waals surface area contributed by atoms with Crippen molar-refractivity contribution in [2.24, 2.45) is 0 Å². The largest absolute Gasteiger partial charge is 0.0593 e. The Morgan fingerprint density at radius 3 is 0.271 bits per heavy atom. The molecule has 0 aliphatic heterocycles. The Kier molecular flexibility index (Phi) is 44.5. The number of hydrogen-bond donors (Lipinski definition) is 0. The fraction of sp³-hybridized carbons (Fsp3) is 0. The molecule has 0 N–H and O–H groups in total. The number of hydrogen-bond acceptors (Lipinski definition) is 0. The maximum atomic E-state index is 2.77. The molecule has 0 aromatic carbocycles. The Hall–Kier alpha value is 5.52. The smallest absolute Gasteiger partial charge is 0.00000216 e. The molecular weight excluding hydrogens is 919 g/mol. The monoisotopic (exact) mass is 1020 g/mol. The topological polar surface area (TPSA) is 0 Å². The predicted molar refractivity (Wildman–Crippen MR) is 610 cm³/mol. The van der Waals surface area contributed by atoms with E-state index in [1.165, 1.54) is 7.06 Å². The van der Waals surface area contributed by atoms with E-state index in [-0.39, 0.29) is 0 Å². The van der Waals surface area contributed by atoms with Gasteiger partial charge in [0.15, 0.2) is 0 Å². The maximum Gasteiger partial charge on any atom is 0.0593 e. The van der Waals surface area contributed by atoms with Gasteiger partial charge in [0, 0.05) is 269 Å². The highest BCUT2D eigenvalue weighted by Crippen LogP contribution is 2.28. The van der Waals surface area contributed by atoms with E-state index in [1.807, 2.05) is 0 Å². The summed E-state index contributed by atoms with van der Waals surface area (Å²) in [5, 5.41) is 0. The Labute approximate surface area is 595 Å². The average Bonchev–Trinajstić information content (AvgIpc) is 3.27. The quantitative estimate of drug-likeness (QED) is 0.0536. The van der Waals surface area contributed by atoms with Gasteiger partial charge in [0.25, 0.3) is 0 Å². The van der Waals surface area contributed by atoms with Crippen molar-refractivity contribution in [3.05, 3.63) is 0 Å². The van der Waals surface area contributed by atoms with Crippen molar-refractivity contribution >= 4 is 602 Å². The molecule has 85 heavy (non-hydrogen) atoms. The van der Waals surface area contributed by atoms with Crippen LogP contribution in [0.3, 0.4) is 0 Å². The molecule has 85 heteroatoms. The maximum absolute atomic E-state index is 2.77. The molecule has 0 aliphatic rings. The lowest BCUT2D eigenvalue weighted by molar-refractivity contribution is 3.14. The van der Waals surface area contributed by atoms with Gasteiger partial charge in [-0.15, -0.1) is 0 Å². The van der Waals surface area contributed by atoms with Crippen molar-refractivity contribution in [2.45, 2.75) is 0 Å². The van der Waals surface area contributed by atoms with Gasteiger partial charge in [-0.1, -0.05) is 0 Å². The van der Waals surface area contributed by atoms with Gasteiger partial charge in [0.1, 0.15) is 0 Å². The second-order valence-corrected chi connectivity index (χ2v) is 38.2. The van der Waals surface area contributed by atoms with Gasteiger partial charge in [-0.3, -0.25) is 0 Å². The average molecular weight is 1010 g/mol. The van der Waals surface area contributed by atoms with E-state index in [2.05, 4.69) is 333 Å². The van der Waals surface area contributed by atoms with Crippen LogP contribution < -0.4 is 0 Å². The Bertz CT molecular complexity index is 1340. The Balaban J connectivity index is 13.2. The third-order valence-electron chi connectivity index (χ3n) is 25.2. The molecule has 0 amide bonds. The molecule has 0 saturated heterocycles. The minimum Gasteiger partial charge on any atom is 0.00000216 e. The summed E-state index contributed by atoms with van der Waals surface area (Å²) in [7, 11) is 119. The summed E-state index contributed by atoms with van der Waals surface area (Å²) in [5.74, 6) is 0. The van der Waals surface area contributed by atoms with Crippen molar-refractivity contribution in [3.63, 3.8) is 0 Å². The third-order valence-corrected chi connectivity index (χ3v) is 25.2. The highest BCUT2D eigenvalue weighted by Gasteiger charge is 2.67. The van der Waals surface area contributed by atoms with E-state index in [4.69, 9.17) is 0 Å². The standard InChI is InChI=1S/B85H87/c1-44-66(45(2)3)77(67(46(4)5)47(6)7)82(76(64(40)41)65(42)43)85(83(78(68(48(8)9)49(10)11)69(50(12)13)51(14)15)79(70(52(16)17)53(18)19)71(54(20)21)55(22)23)84(80(72(56(24)25)57(26)27)73(58(28)29)59(30)31)81(74(60(32)33)61(34)35)75(62(36)37)63(38)39/h44H,1-43H2. The van der Waals surface area contributed by atoms with Crippen LogP contribution >= 0.6 is 0 Å². The minimum atomic E-state index is 0.498. The first-order valence-electron chi connectivity index (χ1n) is 38.7. The third kappa shape index (κ3) is 24.4. The van der Waals surface area contributed by atoms with Crippen molar-refractivity contribution in [1.29, 1.82) is 0 Å². The zero-order valence-corrected chi connectivity index (χ0v) is 67.4. The summed E-state index contributed by atoms with van der Waals surface area (Å²) in [6.45, 7) is 0. The van der Waals surface area contributed by atoms with Gasteiger partial charge in [-0.2, -0.15) is 0 Å². The van der Waals surface area contributed by atoms with Crippen LogP contribution in [0.2, 0.25) is 0 Å². The molecule has 0 unspecified atom stereocenters. The lowest BCUT2D eigenvalue weighted by atomic mass is 8.19. The van der Waals surface area contributed by atoms with Gasteiger partial charge in [0.05, 0.1) is 333 Å². The summed E-state index contributed by atoms with van der Waals surface area (Å²) in [4.78, 5) is 0. The van der Waals surface area contributed by atoms with E-state index in [0.717, 1.165) is 0 Å². The number of rotatable bonds is 41. The summed E-state index contributed by atoms with van der Waals surface area (Å²) in [6.07, 6.45) is 23.4. The molecule has 0 heterocycles. The van der Waals surface area contributed by atoms with Crippen molar-refractivity contribution in [3.8, 4) is 0 Å². The van der Waals surface area contributed by atoms with Gasteiger partial charge in [-0.05, 0) is 0 Å². The molecule has 0 bridgehead atoms.